The zero-order valence-electron chi connectivity index (χ0n) is 10.3. The van der Waals surface area contributed by atoms with Gasteiger partial charge in [-0.3, -0.25) is 9.59 Å². The molecule has 0 radical (unpaired) electrons. The molecule has 0 N–H and O–H groups in total. The first-order chi connectivity index (χ1) is 8.72. The third-order valence-corrected chi connectivity index (χ3v) is 2.75. The Bertz CT molecular complexity index is 433. The van der Waals surface area contributed by atoms with E-state index < -0.39 is 0 Å². The molecule has 1 heterocycles. The summed E-state index contributed by atoms with van der Waals surface area (Å²) < 4.78 is 4.89. The molecule has 5 nitrogen and oxygen atoms in total. The maximum Gasteiger partial charge on any atom is 0.322 e. The monoisotopic (exact) mass is 248 g/mol. The van der Waals surface area contributed by atoms with Crippen LogP contribution in [-0.4, -0.2) is 36.6 Å². The van der Waals surface area contributed by atoms with Crippen molar-refractivity contribution in [1.29, 1.82) is 0 Å². The summed E-state index contributed by atoms with van der Waals surface area (Å²) in [5.41, 5.74) is 0.777. The lowest BCUT2D eigenvalue weighted by atomic mass is 10.3. The molecule has 0 bridgehead atoms. The molecular weight excluding hydrogens is 232 g/mol. The number of anilines is 1. The smallest absolute Gasteiger partial charge is 0.322 e. The van der Waals surface area contributed by atoms with Gasteiger partial charge in [0.15, 0.2) is 0 Å². The number of esters is 1. The highest BCUT2D eigenvalue weighted by Crippen LogP contribution is 2.18. The van der Waals surface area contributed by atoms with E-state index in [9.17, 15) is 9.59 Å². The largest absolute Gasteiger partial charge is 0.463 e. The topological polar surface area (TPSA) is 49.9 Å². The second-order valence-corrected chi connectivity index (χ2v) is 4.00. The molecule has 0 unspecified atom stereocenters. The van der Waals surface area contributed by atoms with Crippen LogP contribution in [0, 0.1) is 0 Å². The number of carbonyl (C=O) groups excluding carboxylic acids is 2. The Morgan fingerprint density at radius 3 is 2.72 bits per heavy atom. The predicted octanol–water partition coefficient (Wildman–Crippen LogP) is 1.20. The number of hydrogen-bond donors (Lipinski definition) is 0. The van der Waals surface area contributed by atoms with Gasteiger partial charge in [0.05, 0.1) is 12.2 Å². The molecule has 1 amide bonds. The summed E-state index contributed by atoms with van der Waals surface area (Å²) in [6, 6.07) is 9.34. The Morgan fingerprint density at radius 1 is 1.39 bits per heavy atom. The Labute approximate surface area is 106 Å². The van der Waals surface area contributed by atoms with Crippen molar-refractivity contribution < 1.29 is 14.3 Å². The molecule has 0 spiro atoms. The van der Waals surface area contributed by atoms with Crippen molar-refractivity contribution >= 4 is 17.6 Å². The van der Waals surface area contributed by atoms with Crippen LogP contribution in [0.15, 0.2) is 30.3 Å². The fourth-order valence-electron chi connectivity index (χ4n) is 1.89. The fraction of sp³-hybridized carbons (Fsp3) is 0.385. The van der Waals surface area contributed by atoms with Gasteiger partial charge in [-0.05, 0) is 12.1 Å². The average molecular weight is 248 g/mol. The van der Waals surface area contributed by atoms with Gasteiger partial charge in [-0.15, -0.1) is 0 Å². The Balaban J connectivity index is 2.25. The van der Waals surface area contributed by atoms with Crippen molar-refractivity contribution in [1.82, 2.24) is 5.01 Å². The van der Waals surface area contributed by atoms with Crippen molar-refractivity contribution in [3.8, 4) is 0 Å². The van der Waals surface area contributed by atoms with Crippen LogP contribution < -0.4 is 5.01 Å². The van der Waals surface area contributed by atoms with Gasteiger partial charge in [0.25, 0.3) is 0 Å². The highest BCUT2D eigenvalue weighted by atomic mass is 16.5. The van der Waals surface area contributed by atoms with E-state index in [1.165, 1.54) is 0 Å². The molecule has 0 saturated carbocycles. The molecule has 5 heteroatoms. The number of hydrazine groups is 1. The number of cyclic esters (lactones) is 1. The van der Waals surface area contributed by atoms with Gasteiger partial charge in [0.1, 0.15) is 13.2 Å². The quantitative estimate of drug-likeness (QED) is 0.754. The molecule has 96 valence electrons. The maximum atomic E-state index is 12.1. The molecule has 1 aromatic carbocycles. The van der Waals surface area contributed by atoms with Crippen LogP contribution in [0.1, 0.15) is 13.3 Å². The van der Waals surface area contributed by atoms with E-state index >= 15 is 0 Å². The van der Waals surface area contributed by atoms with E-state index in [1.807, 2.05) is 30.3 Å². The number of benzene rings is 1. The minimum Gasteiger partial charge on any atom is -0.463 e. The van der Waals surface area contributed by atoms with Crippen LogP contribution in [0.3, 0.4) is 0 Å². The lowest BCUT2D eigenvalue weighted by Crippen LogP contribution is -2.53. The standard InChI is InChI=1S/C13H16N2O3/c1-2-12(16)15(11-6-4-3-5-7-11)14-8-9-18-13(17)10-14/h3-7H,2,8-10H2,1H3. The molecule has 1 aromatic rings. The lowest BCUT2D eigenvalue weighted by molar-refractivity contribution is -0.151. The number of para-hydroxylation sites is 1. The van der Waals surface area contributed by atoms with Crippen molar-refractivity contribution in [2.75, 3.05) is 24.7 Å². The molecule has 1 aliphatic rings. The van der Waals surface area contributed by atoms with Gasteiger partial charge >= 0.3 is 5.97 Å². The Kier molecular flexibility index (Phi) is 3.94. The van der Waals surface area contributed by atoms with Crippen LogP contribution in [0.2, 0.25) is 0 Å². The average Bonchev–Trinajstić information content (AvgIpc) is 2.40. The van der Waals surface area contributed by atoms with Crippen LogP contribution >= 0.6 is 0 Å². The van der Waals surface area contributed by atoms with Crippen LogP contribution in [0.25, 0.3) is 0 Å². The van der Waals surface area contributed by atoms with E-state index in [0.29, 0.717) is 19.6 Å². The summed E-state index contributed by atoms with van der Waals surface area (Å²) in [6.07, 6.45) is 0.389. The highest BCUT2D eigenvalue weighted by Gasteiger charge is 2.27. The zero-order chi connectivity index (χ0) is 13.0. The molecule has 1 fully saturated rings. The maximum absolute atomic E-state index is 12.1. The molecule has 0 atom stereocenters. The first kappa shape index (κ1) is 12.6. The molecular formula is C13H16N2O3. The zero-order valence-corrected chi connectivity index (χ0v) is 10.3. The summed E-state index contributed by atoms with van der Waals surface area (Å²) in [5.74, 6) is -0.331. The summed E-state index contributed by atoms with van der Waals surface area (Å²) in [4.78, 5) is 23.4. The number of nitrogens with zero attached hydrogens (tertiary/aromatic N) is 2. The van der Waals surface area contributed by atoms with Crippen LogP contribution in [0.5, 0.6) is 0 Å². The number of ether oxygens (including phenoxy) is 1. The number of amides is 1. The number of carbonyl (C=O) groups is 2. The molecule has 1 saturated heterocycles. The predicted molar refractivity (Wildman–Crippen MR) is 66.8 cm³/mol. The summed E-state index contributed by atoms with van der Waals surface area (Å²) in [6.45, 7) is 2.77. The third kappa shape index (κ3) is 2.68. The first-order valence-corrected chi connectivity index (χ1v) is 6.01. The van der Waals surface area contributed by atoms with Crippen LogP contribution in [0.4, 0.5) is 5.69 Å². The van der Waals surface area contributed by atoms with Gasteiger partial charge < -0.3 is 4.74 Å². The Morgan fingerprint density at radius 2 is 2.11 bits per heavy atom. The van der Waals surface area contributed by atoms with Gasteiger partial charge in [-0.2, -0.15) is 5.01 Å². The van der Waals surface area contributed by atoms with Gasteiger partial charge in [-0.1, -0.05) is 25.1 Å². The Hall–Kier alpha value is -1.88. The second-order valence-electron chi connectivity index (χ2n) is 4.00. The molecule has 2 rings (SSSR count). The van der Waals surface area contributed by atoms with Crippen molar-refractivity contribution in [3.63, 3.8) is 0 Å². The normalized spacial score (nSPS) is 16.2. The molecule has 1 aliphatic heterocycles. The van der Waals surface area contributed by atoms with Crippen molar-refractivity contribution in [2.24, 2.45) is 0 Å². The van der Waals surface area contributed by atoms with Gasteiger partial charge in [0, 0.05) is 6.42 Å². The molecule has 18 heavy (non-hydrogen) atoms. The van der Waals surface area contributed by atoms with Crippen LogP contribution in [-0.2, 0) is 14.3 Å². The summed E-state index contributed by atoms with van der Waals surface area (Å²) in [7, 11) is 0. The van der Waals surface area contributed by atoms with E-state index in [2.05, 4.69) is 0 Å². The van der Waals surface area contributed by atoms with Crippen molar-refractivity contribution in [2.45, 2.75) is 13.3 Å². The molecule has 0 aliphatic carbocycles. The number of hydrogen-bond acceptors (Lipinski definition) is 4. The minimum atomic E-state index is -0.300. The van der Waals surface area contributed by atoms with E-state index in [0.717, 1.165) is 5.69 Å². The van der Waals surface area contributed by atoms with Crippen molar-refractivity contribution in [3.05, 3.63) is 30.3 Å². The van der Waals surface area contributed by atoms with E-state index in [1.54, 1.807) is 16.9 Å². The number of rotatable bonds is 3. The molecule has 0 aromatic heterocycles. The van der Waals surface area contributed by atoms with Gasteiger partial charge in [0.2, 0.25) is 5.91 Å². The first-order valence-electron chi connectivity index (χ1n) is 6.01. The lowest BCUT2D eigenvalue weighted by Gasteiger charge is -2.36. The van der Waals surface area contributed by atoms with Gasteiger partial charge in [-0.25, -0.2) is 5.01 Å². The van der Waals surface area contributed by atoms with E-state index in [-0.39, 0.29) is 18.4 Å². The summed E-state index contributed by atoms with van der Waals surface area (Å²) >= 11 is 0. The highest BCUT2D eigenvalue weighted by molar-refractivity contribution is 5.92. The second kappa shape index (κ2) is 5.64. The van der Waals surface area contributed by atoms with E-state index in [4.69, 9.17) is 4.74 Å². The fourth-order valence-corrected chi connectivity index (χ4v) is 1.89. The summed E-state index contributed by atoms with van der Waals surface area (Å²) in [5, 5.41) is 3.30. The minimum absolute atomic E-state index is 0.0316. The SMILES string of the molecule is CCC(=O)N(c1ccccc1)N1CCOC(=O)C1. The third-order valence-electron chi connectivity index (χ3n) is 2.75. The number of morpholine rings is 1.